The molecule has 2 aromatic heterocycles. The van der Waals surface area contributed by atoms with Gasteiger partial charge in [0.15, 0.2) is 0 Å². The third kappa shape index (κ3) is 4.25. The molecule has 110 valence electrons. The highest BCUT2D eigenvalue weighted by Crippen LogP contribution is 2.18. The van der Waals surface area contributed by atoms with Crippen molar-refractivity contribution in [1.82, 2.24) is 30.7 Å². The number of aromatic nitrogens is 4. The lowest BCUT2D eigenvalue weighted by Gasteiger charge is -2.06. The van der Waals surface area contributed by atoms with Gasteiger partial charge >= 0.3 is 0 Å². The zero-order valence-electron chi connectivity index (χ0n) is 11.5. The van der Waals surface area contributed by atoms with Gasteiger partial charge in [0.1, 0.15) is 12.4 Å². The summed E-state index contributed by atoms with van der Waals surface area (Å²) in [5, 5.41) is 11.3. The van der Waals surface area contributed by atoms with Crippen LogP contribution in [0.4, 0.5) is 5.82 Å². The molecule has 8 heteroatoms. The van der Waals surface area contributed by atoms with Crippen LogP contribution in [0, 0.1) is 0 Å². The van der Waals surface area contributed by atoms with Crippen LogP contribution in [0.1, 0.15) is 18.5 Å². The van der Waals surface area contributed by atoms with Gasteiger partial charge in [0.25, 0.3) is 5.91 Å². The Kier molecular flexibility index (Phi) is 4.06. The largest absolute Gasteiger partial charge is 0.308 e. The van der Waals surface area contributed by atoms with Gasteiger partial charge in [-0.2, -0.15) is 0 Å². The van der Waals surface area contributed by atoms with Crippen LogP contribution in [0.5, 0.6) is 0 Å². The predicted molar refractivity (Wildman–Crippen MR) is 75.9 cm³/mol. The number of pyridine rings is 1. The minimum atomic E-state index is -0.216. The van der Waals surface area contributed by atoms with Crippen LogP contribution < -0.4 is 16.2 Å². The highest BCUT2D eigenvalue weighted by Gasteiger charge is 2.20. The molecule has 3 rings (SSSR count). The van der Waals surface area contributed by atoms with Gasteiger partial charge in [-0.1, -0.05) is 11.3 Å². The highest BCUT2D eigenvalue weighted by molar-refractivity contribution is 5.76. The van der Waals surface area contributed by atoms with Gasteiger partial charge in [-0.15, -0.1) is 5.10 Å². The first-order chi connectivity index (χ1) is 10.3. The average molecular weight is 287 g/mol. The van der Waals surface area contributed by atoms with Crippen LogP contribution in [0.2, 0.25) is 0 Å². The second-order valence-corrected chi connectivity index (χ2v) is 4.95. The van der Waals surface area contributed by atoms with E-state index in [2.05, 4.69) is 31.5 Å². The lowest BCUT2D eigenvalue weighted by molar-refractivity contribution is -0.121. The third-order valence-electron chi connectivity index (χ3n) is 3.04. The highest BCUT2D eigenvalue weighted by atomic mass is 16.2. The van der Waals surface area contributed by atoms with Gasteiger partial charge in [-0.3, -0.25) is 15.6 Å². The summed E-state index contributed by atoms with van der Waals surface area (Å²) in [7, 11) is 0. The molecule has 0 bridgehead atoms. The van der Waals surface area contributed by atoms with Crippen molar-refractivity contribution in [2.45, 2.75) is 32.0 Å². The lowest BCUT2D eigenvalue weighted by Crippen LogP contribution is -2.33. The van der Waals surface area contributed by atoms with E-state index in [1.165, 1.54) is 17.5 Å². The minimum absolute atomic E-state index is 0.107. The van der Waals surface area contributed by atoms with Crippen molar-refractivity contribution in [1.29, 1.82) is 0 Å². The Morgan fingerprint density at radius 3 is 3.05 bits per heavy atom. The fourth-order valence-electron chi connectivity index (χ4n) is 1.79. The van der Waals surface area contributed by atoms with Crippen LogP contribution in [-0.2, 0) is 17.9 Å². The van der Waals surface area contributed by atoms with Gasteiger partial charge in [0.2, 0.25) is 0 Å². The molecule has 1 saturated carbocycles. The van der Waals surface area contributed by atoms with E-state index in [9.17, 15) is 4.79 Å². The Morgan fingerprint density at radius 1 is 1.38 bits per heavy atom. The predicted octanol–water partition coefficient (Wildman–Crippen LogP) is 0.0684. The Bertz CT molecular complexity index is 594. The summed E-state index contributed by atoms with van der Waals surface area (Å²) in [4.78, 5) is 15.8. The second kappa shape index (κ2) is 6.31. The van der Waals surface area contributed by atoms with Crippen molar-refractivity contribution in [3.05, 3.63) is 36.3 Å². The standard InChI is InChI=1S/C13H17N7O/c21-13(18-17-12-3-1-2-6-14-12)9-20-8-11(16-19-20)7-15-10-4-5-10/h1-3,6,8,10,15H,4-5,7,9H2,(H,14,17)(H,18,21). The van der Waals surface area contributed by atoms with Gasteiger partial charge in [0.05, 0.1) is 11.9 Å². The summed E-state index contributed by atoms with van der Waals surface area (Å²) in [6.45, 7) is 0.800. The fourth-order valence-corrected chi connectivity index (χ4v) is 1.79. The van der Waals surface area contributed by atoms with E-state index in [0.717, 1.165) is 5.69 Å². The Morgan fingerprint density at radius 2 is 2.29 bits per heavy atom. The molecule has 2 aromatic rings. The maximum Gasteiger partial charge on any atom is 0.260 e. The molecule has 1 aliphatic rings. The molecule has 3 N–H and O–H groups in total. The normalized spacial score (nSPS) is 13.9. The number of anilines is 1. The second-order valence-electron chi connectivity index (χ2n) is 4.95. The smallest absolute Gasteiger partial charge is 0.260 e. The number of carbonyl (C=O) groups is 1. The molecule has 0 spiro atoms. The van der Waals surface area contributed by atoms with Crippen LogP contribution in [0.25, 0.3) is 0 Å². The Labute approximate surface area is 121 Å². The topological polar surface area (TPSA) is 96.8 Å². The fraction of sp³-hybridized carbons (Fsp3) is 0.385. The minimum Gasteiger partial charge on any atom is -0.308 e. The monoisotopic (exact) mass is 287 g/mol. The van der Waals surface area contributed by atoms with Crippen LogP contribution in [0.3, 0.4) is 0 Å². The van der Waals surface area contributed by atoms with E-state index in [1.807, 2.05) is 6.07 Å². The number of carbonyl (C=O) groups excluding carboxylic acids is 1. The van der Waals surface area contributed by atoms with Gasteiger partial charge in [0, 0.05) is 18.8 Å². The number of amides is 1. The van der Waals surface area contributed by atoms with Crippen molar-refractivity contribution < 1.29 is 4.79 Å². The van der Waals surface area contributed by atoms with Gasteiger partial charge in [-0.05, 0) is 25.0 Å². The van der Waals surface area contributed by atoms with Crippen molar-refractivity contribution >= 4 is 11.7 Å². The molecule has 2 heterocycles. The molecule has 21 heavy (non-hydrogen) atoms. The summed E-state index contributed by atoms with van der Waals surface area (Å²) in [5.74, 6) is 0.367. The van der Waals surface area contributed by atoms with Crippen molar-refractivity contribution in [2.75, 3.05) is 5.43 Å². The van der Waals surface area contributed by atoms with E-state index >= 15 is 0 Å². The molecular formula is C13H17N7O. The van der Waals surface area contributed by atoms with E-state index in [1.54, 1.807) is 24.5 Å². The number of nitrogens with zero attached hydrogens (tertiary/aromatic N) is 4. The van der Waals surface area contributed by atoms with Crippen molar-refractivity contribution in [2.24, 2.45) is 0 Å². The Hall–Kier alpha value is -2.48. The molecule has 0 radical (unpaired) electrons. The maximum atomic E-state index is 11.8. The van der Waals surface area contributed by atoms with E-state index in [4.69, 9.17) is 0 Å². The summed E-state index contributed by atoms with van der Waals surface area (Å²) < 4.78 is 1.51. The molecule has 0 unspecified atom stereocenters. The van der Waals surface area contributed by atoms with Crippen LogP contribution in [0.15, 0.2) is 30.6 Å². The maximum absolute atomic E-state index is 11.8. The molecule has 1 aliphatic carbocycles. The first-order valence-corrected chi connectivity index (χ1v) is 6.88. The first-order valence-electron chi connectivity index (χ1n) is 6.88. The third-order valence-corrected chi connectivity index (χ3v) is 3.04. The number of hydrogen-bond donors (Lipinski definition) is 3. The lowest BCUT2D eigenvalue weighted by atomic mass is 10.4. The zero-order chi connectivity index (χ0) is 14.5. The number of hydrazine groups is 1. The van der Waals surface area contributed by atoms with Gasteiger partial charge in [-0.25, -0.2) is 9.67 Å². The SMILES string of the molecule is O=C(Cn1cc(CNC2CC2)nn1)NNc1ccccn1. The average Bonchev–Trinajstić information content (AvgIpc) is 3.24. The summed E-state index contributed by atoms with van der Waals surface area (Å²) in [5.41, 5.74) is 6.14. The first kappa shape index (κ1) is 13.5. The van der Waals surface area contributed by atoms with E-state index in [-0.39, 0.29) is 12.5 Å². The molecule has 0 saturated heterocycles. The van der Waals surface area contributed by atoms with E-state index < -0.39 is 0 Å². The molecule has 8 nitrogen and oxygen atoms in total. The van der Waals surface area contributed by atoms with E-state index in [0.29, 0.717) is 18.4 Å². The van der Waals surface area contributed by atoms with Crippen molar-refractivity contribution in [3.63, 3.8) is 0 Å². The molecule has 1 fully saturated rings. The Balaban J connectivity index is 1.43. The summed E-state index contributed by atoms with van der Waals surface area (Å²) in [6.07, 6.45) is 5.88. The molecule has 0 aliphatic heterocycles. The number of rotatable bonds is 7. The quantitative estimate of drug-likeness (QED) is 0.624. The zero-order valence-corrected chi connectivity index (χ0v) is 11.5. The van der Waals surface area contributed by atoms with Crippen molar-refractivity contribution in [3.8, 4) is 0 Å². The van der Waals surface area contributed by atoms with Crippen LogP contribution in [-0.4, -0.2) is 31.9 Å². The molecule has 0 atom stereocenters. The summed E-state index contributed by atoms with van der Waals surface area (Å²) >= 11 is 0. The molecule has 0 aromatic carbocycles. The molecular weight excluding hydrogens is 270 g/mol. The van der Waals surface area contributed by atoms with Crippen LogP contribution >= 0.6 is 0 Å². The number of nitrogens with one attached hydrogen (secondary N) is 3. The molecule has 1 amide bonds. The van der Waals surface area contributed by atoms with Gasteiger partial charge < -0.3 is 5.32 Å². The number of hydrogen-bond acceptors (Lipinski definition) is 6. The summed E-state index contributed by atoms with van der Waals surface area (Å²) in [6, 6.07) is 6.02.